The van der Waals surface area contributed by atoms with E-state index in [2.05, 4.69) is 0 Å². The molecule has 0 saturated carbocycles. The van der Waals surface area contributed by atoms with Crippen LogP contribution in [-0.2, 0) is 14.6 Å². The second-order valence-corrected chi connectivity index (χ2v) is 8.18. The predicted molar refractivity (Wildman–Crippen MR) is 88.2 cm³/mol. The van der Waals surface area contributed by atoms with E-state index in [1.54, 1.807) is 39.1 Å². The number of hydrogen-bond donors (Lipinski definition) is 0. The van der Waals surface area contributed by atoms with Crippen molar-refractivity contribution in [3.8, 4) is 5.75 Å². The normalized spacial score (nSPS) is 14.3. The lowest BCUT2D eigenvalue weighted by Crippen LogP contribution is -2.45. The van der Waals surface area contributed by atoms with Gasteiger partial charge in [-0.1, -0.05) is 11.6 Å². The number of ether oxygens (including phenoxy) is 1. The average Bonchev–Trinajstić information content (AvgIpc) is 2.38. The van der Waals surface area contributed by atoms with Crippen LogP contribution in [0.3, 0.4) is 0 Å². The highest BCUT2D eigenvalue weighted by molar-refractivity contribution is 7.90. The number of likely N-dealkylation sites (N-methyl/N-ethyl adjacent to an activating group) is 1. The molecule has 1 aromatic carbocycles. The molecule has 0 aliphatic heterocycles. The Morgan fingerprint density at radius 2 is 1.95 bits per heavy atom. The van der Waals surface area contributed by atoms with Gasteiger partial charge in [-0.3, -0.25) is 4.79 Å². The van der Waals surface area contributed by atoms with Crippen LogP contribution < -0.4 is 4.74 Å². The van der Waals surface area contributed by atoms with Gasteiger partial charge in [0.2, 0.25) is 0 Å². The highest BCUT2D eigenvalue weighted by Gasteiger charge is 2.25. The lowest BCUT2D eigenvalue weighted by atomic mass is 10.2. The lowest BCUT2D eigenvalue weighted by Gasteiger charge is -2.27. The molecule has 0 saturated heterocycles. The van der Waals surface area contributed by atoms with Crippen molar-refractivity contribution in [1.82, 2.24) is 4.90 Å². The molecule has 124 valence electrons. The quantitative estimate of drug-likeness (QED) is 0.792. The number of carbonyl (C=O) groups is 1. The van der Waals surface area contributed by atoms with Gasteiger partial charge in [-0.2, -0.15) is 0 Å². The minimum atomic E-state index is -3.15. The van der Waals surface area contributed by atoms with Crippen molar-refractivity contribution in [2.45, 2.75) is 32.9 Å². The first-order valence-corrected chi connectivity index (χ1v) is 9.32. The molecule has 0 spiro atoms. The van der Waals surface area contributed by atoms with Gasteiger partial charge in [0.15, 0.2) is 6.10 Å². The molecule has 0 bridgehead atoms. The molecule has 0 aliphatic carbocycles. The smallest absolute Gasteiger partial charge is 0.263 e. The fraction of sp³-hybridized carbons (Fsp3) is 0.533. The Morgan fingerprint density at radius 1 is 1.36 bits per heavy atom. The second kappa shape index (κ2) is 7.33. The number of rotatable bonds is 6. The van der Waals surface area contributed by atoms with Crippen molar-refractivity contribution in [1.29, 1.82) is 0 Å². The second-order valence-electron chi connectivity index (χ2n) is 5.56. The Balaban J connectivity index is 2.75. The lowest BCUT2D eigenvalue weighted by molar-refractivity contribution is -0.138. The molecule has 5 nitrogen and oxygen atoms in total. The number of halogens is 1. The maximum absolute atomic E-state index is 12.3. The van der Waals surface area contributed by atoms with Crippen molar-refractivity contribution in [2.75, 3.05) is 19.1 Å². The van der Waals surface area contributed by atoms with Crippen LogP contribution in [0.5, 0.6) is 5.75 Å². The first kappa shape index (κ1) is 18.8. The summed E-state index contributed by atoms with van der Waals surface area (Å²) in [6.07, 6.45) is 0.436. The van der Waals surface area contributed by atoms with E-state index in [1.165, 1.54) is 4.90 Å². The summed E-state index contributed by atoms with van der Waals surface area (Å²) in [5.74, 6) is 0.224. The minimum Gasteiger partial charge on any atom is -0.481 e. The fourth-order valence-electron chi connectivity index (χ4n) is 2.04. The number of sulfone groups is 1. The molecule has 0 radical (unpaired) electrons. The molecular weight excluding hydrogens is 326 g/mol. The monoisotopic (exact) mass is 347 g/mol. The van der Waals surface area contributed by atoms with Crippen LogP contribution in [0.2, 0.25) is 5.02 Å². The van der Waals surface area contributed by atoms with E-state index in [0.29, 0.717) is 10.8 Å². The minimum absolute atomic E-state index is 0.0814. The van der Waals surface area contributed by atoms with Gasteiger partial charge in [0.05, 0.1) is 5.75 Å². The third-order valence-corrected chi connectivity index (χ3v) is 4.66. The summed E-state index contributed by atoms with van der Waals surface area (Å²) in [7, 11) is -1.57. The van der Waals surface area contributed by atoms with Crippen LogP contribution in [0.1, 0.15) is 19.4 Å². The molecule has 0 heterocycles. The zero-order valence-electron chi connectivity index (χ0n) is 13.5. The van der Waals surface area contributed by atoms with Crippen molar-refractivity contribution in [2.24, 2.45) is 0 Å². The van der Waals surface area contributed by atoms with Crippen LogP contribution in [0.25, 0.3) is 0 Å². The Kier molecular flexibility index (Phi) is 6.26. The van der Waals surface area contributed by atoms with Crippen LogP contribution >= 0.6 is 11.6 Å². The molecule has 22 heavy (non-hydrogen) atoms. The van der Waals surface area contributed by atoms with Crippen LogP contribution in [0, 0.1) is 6.92 Å². The topological polar surface area (TPSA) is 63.7 Å². The molecule has 2 atom stereocenters. The fourth-order valence-corrected chi connectivity index (χ4v) is 3.37. The van der Waals surface area contributed by atoms with Crippen molar-refractivity contribution in [3.05, 3.63) is 28.8 Å². The summed E-state index contributed by atoms with van der Waals surface area (Å²) in [5.41, 5.74) is 0.832. The van der Waals surface area contributed by atoms with Crippen LogP contribution in [-0.4, -0.2) is 50.4 Å². The standard InChI is InChI=1S/C15H22ClNO4S/c1-10-8-13(16)6-7-14(10)21-12(3)15(18)17(4)11(2)9-22(5,19)20/h6-8,11-12H,9H2,1-5H3/t11-,12+/m1/s1. The number of benzene rings is 1. The van der Waals surface area contributed by atoms with Gasteiger partial charge in [0, 0.05) is 24.4 Å². The van der Waals surface area contributed by atoms with Gasteiger partial charge in [0.1, 0.15) is 15.6 Å². The maximum Gasteiger partial charge on any atom is 0.263 e. The van der Waals surface area contributed by atoms with Crippen molar-refractivity contribution in [3.63, 3.8) is 0 Å². The first-order chi connectivity index (χ1) is 10.0. The van der Waals surface area contributed by atoms with Crippen molar-refractivity contribution >= 4 is 27.3 Å². The summed E-state index contributed by atoms with van der Waals surface area (Å²) < 4.78 is 28.3. The summed E-state index contributed by atoms with van der Waals surface area (Å²) in [6.45, 7) is 5.17. The number of aryl methyl sites for hydroxylation is 1. The summed E-state index contributed by atoms with van der Waals surface area (Å²) in [6, 6.07) is 4.74. The summed E-state index contributed by atoms with van der Waals surface area (Å²) in [5, 5.41) is 0.600. The van der Waals surface area contributed by atoms with E-state index >= 15 is 0 Å². The molecular formula is C15H22ClNO4S. The Hall–Kier alpha value is -1.27. The molecule has 1 amide bonds. The molecule has 1 rings (SSSR count). The van der Waals surface area contributed by atoms with E-state index < -0.39 is 22.0 Å². The maximum atomic E-state index is 12.3. The number of amides is 1. The van der Waals surface area contributed by atoms with Crippen LogP contribution in [0.4, 0.5) is 0 Å². The van der Waals surface area contributed by atoms with Crippen LogP contribution in [0.15, 0.2) is 18.2 Å². The SMILES string of the molecule is Cc1cc(Cl)ccc1O[C@@H](C)C(=O)N(C)[C@H](C)CS(C)(=O)=O. The van der Waals surface area contributed by atoms with Gasteiger partial charge in [-0.05, 0) is 44.5 Å². The third kappa shape index (κ3) is 5.50. The zero-order valence-corrected chi connectivity index (χ0v) is 15.0. The van der Waals surface area contributed by atoms with E-state index in [9.17, 15) is 13.2 Å². The van der Waals surface area contributed by atoms with Crippen molar-refractivity contribution < 1.29 is 17.9 Å². The number of carbonyl (C=O) groups excluding carboxylic acids is 1. The summed E-state index contributed by atoms with van der Waals surface area (Å²) >= 11 is 5.88. The molecule has 0 aromatic heterocycles. The summed E-state index contributed by atoms with van der Waals surface area (Å²) in [4.78, 5) is 13.7. The molecule has 1 aromatic rings. The molecule has 0 N–H and O–H groups in total. The Labute approximate surface area is 137 Å². The van der Waals surface area contributed by atoms with Gasteiger partial charge >= 0.3 is 0 Å². The highest BCUT2D eigenvalue weighted by atomic mass is 35.5. The van der Waals surface area contributed by atoms with E-state index in [-0.39, 0.29) is 11.7 Å². The predicted octanol–water partition coefficient (Wildman–Crippen LogP) is 2.31. The van der Waals surface area contributed by atoms with Gasteiger partial charge < -0.3 is 9.64 Å². The third-order valence-electron chi connectivity index (χ3n) is 3.34. The average molecular weight is 348 g/mol. The molecule has 0 unspecified atom stereocenters. The zero-order chi connectivity index (χ0) is 17.1. The number of hydrogen-bond acceptors (Lipinski definition) is 4. The molecule has 0 aliphatic rings. The first-order valence-electron chi connectivity index (χ1n) is 6.88. The molecule has 7 heteroatoms. The van der Waals surface area contributed by atoms with E-state index in [1.807, 2.05) is 6.92 Å². The number of nitrogens with zero attached hydrogens (tertiary/aromatic N) is 1. The van der Waals surface area contributed by atoms with E-state index in [4.69, 9.17) is 16.3 Å². The van der Waals surface area contributed by atoms with Gasteiger partial charge in [0.25, 0.3) is 5.91 Å². The highest BCUT2D eigenvalue weighted by Crippen LogP contribution is 2.23. The Bertz CT molecular complexity index is 645. The van der Waals surface area contributed by atoms with Gasteiger partial charge in [-0.25, -0.2) is 8.42 Å². The van der Waals surface area contributed by atoms with E-state index in [0.717, 1.165) is 11.8 Å². The molecule has 0 fully saturated rings. The Morgan fingerprint density at radius 3 is 2.45 bits per heavy atom. The largest absolute Gasteiger partial charge is 0.481 e. The van der Waals surface area contributed by atoms with Gasteiger partial charge in [-0.15, -0.1) is 0 Å².